The van der Waals surface area contributed by atoms with Gasteiger partial charge < -0.3 is 4.90 Å². The van der Waals surface area contributed by atoms with E-state index in [1.54, 1.807) is 18.2 Å². The van der Waals surface area contributed by atoms with Gasteiger partial charge in [-0.15, -0.1) is 0 Å². The number of carbonyl (C=O) groups is 1. The van der Waals surface area contributed by atoms with Crippen LogP contribution in [-0.4, -0.2) is 18.9 Å². The quantitative estimate of drug-likeness (QED) is 0.807. The van der Waals surface area contributed by atoms with Gasteiger partial charge in [0.1, 0.15) is 0 Å². The molecular formula is C18H14F2N2O. The fourth-order valence-electron chi connectivity index (χ4n) is 3.00. The van der Waals surface area contributed by atoms with Gasteiger partial charge in [0.15, 0.2) is 0 Å². The van der Waals surface area contributed by atoms with Crippen LogP contribution in [0.2, 0.25) is 0 Å². The Labute approximate surface area is 132 Å². The van der Waals surface area contributed by atoms with Gasteiger partial charge in [0.05, 0.1) is 17.6 Å². The van der Waals surface area contributed by atoms with Gasteiger partial charge in [-0.1, -0.05) is 29.8 Å². The lowest BCUT2D eigenvalue weighted by atomic mass is 9.80. The number of hydrogen-bond acceptors (Lipinski definition) is 2. The third-order valence-electron chi connectivity index (χ3n) is 4.18. The maximum Gasteiger partial charge on any atom is 0.335 e. The van der Waals surface area contributed by atoms with E-state index >= 15 is 0 Å². The summed E-state index contributed by atoms with van der Waals surface area (Å²) in [5, 5.41) is 8.85. The predicted molar refractivity (Wildman–Crippen MR) is 82.5 cm³/mol. The van der Waals surface area contributed by atoms with Crippen molar-refractivity contribution in [2.45, 2.75) is 18.8 Å². The summed E-state index contributed by atoms with van der Waals surface area (Å²) < 4.78 is 29.5. The Morgan fingerprint density at radius 3 is 2.43 bits per heavy atom. The molecule has 0 bridgehead atoms. The lowest BCUT2D eigenvalue weighted by Gasteiger charge is -2.37. The van der Waals surface area contributed by atoms with Crippen molar-refractivity contribution in [2.75, 3.05) is 11.9 Å². The van der Waals surface area contributed by atoms with Crippen molar-refractivity contribution >= 4 is 11.6 Å². The largest absolute Gasteiger partial charge is 0.335 e. The van der Waals surface area contributed by atoms with Crippen molar-refractivity contribution in [1.29, 1.82) is 5.26 Å². The molecule has 116 valence electrons. The molecule has 1 aliphatic rings. The molecule has 0 saturated heterocycles. The van der Waals surface area contributed by atoms with Crippen LogP contribution in [0.5, 0.6) is 0 Å². The molecule has 1 unspecified atom stereocenters. The van der Waals surface area contributed by atoms with Crippen molar-refractivity contribution in [2.24, 2.45) is 0 Å². The molecule has 1 amide bonds. The van der Waals surface area contributed by atoms with E-state index in [2.05, 4.69) is 0 Å². The number of hydrogen-bond donors (Lipinski definition) is 0. The third kappa shape index (κ3) is 2.27. The van der Waals surface area contributed by atoms with Crippen LogP contribution < -0.4 is 4.90 Å². The van der Waals surface area contributed by atoms with E-state index in [1.807, 2.05) is 13.0 Å². The second-order valence-electron chi connectivity index (χ2n) is 5.72. The number of halogens is 2. The van der Waals surface area contributed by atoms with Crippen molar-refractivity contribution in [3.05, 3.63) is 64.7 Å². The first-order chi connectivity index (χ1) is 10.9. The van der Waals surface area contributed by atoms with Gasteiger partial charge in [-0.3, -0.25) is 4.79 Å². The Hall–Kier alpha value is -2.74. The smallest absolute Gasteiger partial charge is 0.310 e. The number of carbonyl (C=O) groups excluding carboxylic acids is 1. The molecule has 0 saturated carbocycles. The minimum atomic E-state index is -3.54. The molecule has 3 rings (SSSR count). The molecule has 0 radical (unpaired) electrons. The normalized spacial score (nSPS) is 19.2. The van der Waals surface area contributed by atoms with Crippen molar-refractivity contribution in [3.8, 4) is 6.07 Å². The minimum Gasteiger partial charge on any atom is -0.310 e. The molecule has 5 heteroatoms. The van der Waals surface area contributed by atoms with Gasteiger partial charge in [0.2, 0.25) is 0 Å². The van der Waals surface area contributed by atoms with Crippen LogP contribution in [0.1, 0.15) is 28.2 Å². The lowest BCUT2D eigenvalue weighted by molar-refractivity contribution is -0.145. The highest BCUT2D eigenvalue weighted by atomic mass is 19.3. The number of nitrogens with zero attached hydrogens (tertiary/aromatic N) is 2. The monoisotopic (exact) mass is 312 g/mol. The van der Waals surface area contributed by atoms with Crippen molar-refractivity contribution in [3.63, 3.8) is 0 Å². The number of rotatable bonds is 1. The average molecular weight is 312 g/mol. The maximum absolute atomic E-state index is 14.7. The van der Waals surface area contributed by atoms with Crippen LogP contribution in [0, 0.1) is 18.3 Å². The number of nitriles is 1. The average Bonchev–Trinajstić information content (AvgIpc) is 2.53. The van der Waals surface area contributed by atoms with E-state index < -0.39 is 17.7 Å². The summed E-state index contributed by atoms with van der Waals surface area (Å²) >= 11 is 0. The number of aryl methyl sites for hydroxylation is 1. The highest BCUT2D eigenvalue weighted by molar-refractivity contribution is 6.02. The van der Waals surface area contributed by atoms with E-state index in [4.69, 9.17) is 5.26 Å². The maximum atomic E-state index is 14.7. The van der Waals surface area contributed by atoms with Crippen LogP contribution in [0.4, 0.5) is 14.5 Å². The Balaban J connectivity index is 2.24. The van der Waals surface area contributed by atoms with E-state index in [1.165, 1.54) is 31.3 Å². The summed E-state index contributed by atoms with van der Waals surface area (Å²) in [7, 11) is 1.36. The summed E-state index contributed by atoms with van der Waals surface area (Å²) in [6, 6.07) is 13.1. The molecule has 1 atom stereocenters. The van der Waals surface area contributed by atoms with E-state index in [0.29, 0.717) is 22.4 Å². The molecule has 1 aliphatic heterocycles. The van der Waals surface area contributed by atoms with Crippen LogP contribution in [0.3, 0.4) is 0 Å². The van der Waals surface area contributed by atoms with E-state index in [-0.39, 0.29) is 0 Å². The number of anilines is 1. The lowest BCUT2D eigenvalue weighted by Crippen LogP contribution is -2.50. The standard InChI is InChI=1S/C18H14F2N2O/c1-11-3-8-15-14(9-11)16(18(19,20)17(23)22(15)2)13-6-4-12(10-21)5-7-13/h3-9,16H,1-2H3. The molecule has 0 aromatic heterocycles. The third-order valence-corrected chi connectivity index (χ3v) is 4.18. The second kappa shape index (κ2) is 5.17. The number of amides is 1. The minimum absolute atomic E-state index is 0.322. The first-order valence-electron chi connectivity index (χ1n) is 7.13. The summed E-state index contributed by atoms with van der Waals surface area (Å²) in [5.41, 5.74) is 2.46. The summed E-state index contributed by atoms with van der Waals surface area (Å²) in [6.07, 6.45) is 0. The van der Waals surface area contributed by atoms with E-state index in [0.717, 1.165) is 10.5 Å². The van der Waals surface area contributed by atoms with E-state index in [9.17, 15) is 13.6 Å². The molecular weight excluding hydrogens is 298 g/mol. The number of alkyl halides is 2. The number of fused-ring (bicyclic) bond motifs is 1. The van der Waals surface area contributed by atoms with Gasteiger partial charge in [0, 0.05) is 12.7 Å². The van der Waals surface area contributed by atoms with Crippen LogP contribution in [-0.2, 0) is 4.79 Å². The predicted octanol–water partition coefficient (Wildman–Crippen LogP) is 3.61. The van der Waals surface area contributed by atoms with Crippen LogP contribution in [0.15, 0.2) is 42.5 Å². The van der Waals surface area contributed by atoms with Gasteiger partial charge >= 0.3 is 5.92 Å². The van der Waals surface area contributed by atoms with Crippen LogP contribution >= 0.6 is 0 Å². The van der Waals surface area contributed by atoms with Crippen LogP contribution in [0.25, 0.3) is 0 Å². The molecule has 1 heterocycles. The summed E-state index contributed by atoms with van der Waals surface area (Å²) in [6.45, 7) is 1.82. The fraction of sp³-hybridized carbons (Fsp3) is 0.222. The highest BCUT2D eigenvalue weighted by Crippen LogP contribution is 2.48. The Kier molecular flexibility index (Phi) is 3.41. The molecule has 0 fully saturated rings. The molecule has 0 aliphatic carbocycles. The van der Waals surface area contributed by atoms with Gasteiger partial charge in [-0.05, 0) is 36.2 Å². The Morgan fingerprint density at radius 1 is 1.17 bits per heavy atom. The topological polar surface area (TPSA) is 44.1 Å². The molecule has 2 aromatic rings. The zero-order valence-corrected chi connectivity index (χ0v) is 12.7. The number of benzene rings is 2. The Bertz CT molecular complexity index is 822. The van der Waals surface area contributed by atoms with Gasteiger partial charge in [-0.25, -0.2) is 0 Å². The highest BCUT2D eigenvalue weighted by Gasteiger charge is 2.54. The van der Waals surface area contributed by atoms with Gasteiger partial charge in [0.25, 0.3) is 5.91 Å². The zero-order chi connectivity index (χ0) is 16.8. The molecule has 23 heavy (non-hydrogen) atoms. The SMILES string of the molecule is Cc1ccc2c(c1)C(c1ccc(C#N)cc1)C(F)(F)C(=O)N2C. The molecule has 0 spiro atoms. The van der Waals surface area contributed by atoms with Gasteiger partial charge in [-0.2, -0.15) is 14.0 Å². The van der Waals surface area contributed by atoms with Crippen molar-refractivity contribution in [1.82, 2.24) is 0 Å². The van der Waals surface area contributed by atoms with Crippen molar-refractivity contribution < 1.29 is 13.6 Å². The summed E-state index contributed by atoms with van der Waals surface area (Å²) in [5.74, 6) is -6.11. The Morgan fingerprint density at radius 2 is 1.83 bits per heavy atom. The first-order valence-corrected chi connectivity index (χ1v) is 7.13. The fourth-order valence-corrected chi connectivity index (χ4v) is 3.00. The molecule has 2 aromatic carbocycles. The first kappa shape index (κ1) is 15.2. The second-order valence-corrected chi connectivity index (χ2v) is 5.72. The zero-order valence-electron chi connectivity index (χ0n) is 12.7. The summed E-state index contributed by atoms with van der Waals surface area (Å²) in [4.78, 5) is 13.1. The molecule has 0 N–H and O–H groups in total. The molecule has 3 nitrogen and oxygen atoms in total.